The summed E-state index contributed by atoms with van der Waals surface area (Å²) in [5, 5.41) is 9.48. The Labute approximate surface area is 115 Å². The quantitative estimate of drug-likeness (QED) is 0.865. The smallest absolute Gasteiger partial charge is 0.337 e. The van der Waals surface area contributed by atoms with Gasteiger partial charge in [-0.25, -0.2) is 4.79 Å². The van der Waals surface area contributed by atoms with E-state index in [4.69, 9.17) is 0 Å². The number of benzene rings is 1. The second-order valence-electron chi connectivity index (χ2n) is 4.48. The Morgan fingerprint density at radius 1 is 1.61 bits per heavy atom. The second-order valence-corrected chi connectivity index (χ2v) is 5.33. The molecule has 1 aliphatic heterocycles. The lowest BCUT2D eigenvalue weighted by atomic mass is 10.1. The molecule has 0 amide bonds. The molecule has 0 aromatic heterocycles. The fourth-order valence-corrected chi connectivity index (χ4v) is 2.62. The molecular formula is C13H16BrNO3. The Kier molecular flexibility index (Phi) is 4.37. The molecule has 1 saturated heterocycles. The summed E-state index contributed by atoms with van der Waals surface area (Å²) in [6, 6.07) is 5.45. The van der Waals surface area contributed by atoms with E-state index in [1.54, 1.807) is 12.1 Å². The highest BCUT2D eigenvalue weighted by atomic mass is 79.9. The van der Waals surface area contributed by atoms with Gasteiger partial charge in [0, 0.05) is 24.1 Å². The van der Waals surface area contributed by atoms with Crippen molar-refractivity contribution in [2.24, 2.45) is 0 Å². The van der Waals surface area contributed by atoms with Gasteiger partial charge in [-0.1, -0.05) is 22.0 Å². The minimum absolute atomic E-state index is 0.210. The molecule has 18 heavy (non-hydrogen) atoms. The number of nitrogens with zero attached hydrogens (tertiary/aromatic N) is 1. The van der Waals surface area contributed by atoms with Gasteiger partial charge in [-0.15, -0.1) is 0 Å². The molecule has 1 aliphatic rings. The van der Waals surface area contributed by atoms with Gasteiger partial charge in [0.1, 0.15) is 0 Å². The average molecular weight is 314 g/mol. The average Bonchev–Trinajstić information content (AvgIpc) is 2.76. The van der Waals surface area contributed by atoms with Crippen LogP contribution in [-0.2, 0) is 11.3 Å². The summed E-state index contributed by atoms with van der Waals surface area (Å²) in [5.74, 6) is -0.334. The Morgan fingerprint density at radius 2 is 2.39 bits per heavy atom. The molecule has 0 bridgehead atoms. The van der Waals surface area contributed by atoms with Gasteiger partial charge >= 0.3 is 5.97 Å². The lowest BCUT2D eigenvalue weighted by molar-refractivity contribution is 0.0600. The standard InChI is InChI=1S/C13H16BrNO3/c1-18-13(17)9-2-3-10(12(14)6-9)7-15-5-4-11(16)8-15/h2-3,6,11,16H,4-5,7-8H2,1H3. The minimum Gasteiger partial charge on any atom is -0.465 e. The predicted octanol–water partition coefficient (Wildman–Crippen LogP) is 1.80. The molecule has 1 atom stereocenters. The summed E-state index contributed by atoms with van der Waals surface area (Å²) < 4.78 is 5.57. The normalized spacial score (nSPS) is 20.1. The maximum Gasteiger partial charge on any atom is 0.337 e. The van der Waals surface area contributed by atoms with Gasteiger partial charge in [-0.05, 0) is 24.1 Å². The maximum atomic E-state index is 11.4. The van der Waals surface area contributed by atoms with Gasteiger partial charge in [0.15, 0.2) is 0 Å². The van der Waals surface area contributed by atoms with Crippen LogP contribution < -0.4 is 0 Å². The molecule has 1 N–H and O–H groups in total. The fourth-order valence-electron chi connectivity index (χ4n) is 2.12. The zero-order chi connectivity index (χ0) is 13.1. The molecule has 1 unspecified atom stereocenters. The number of carbonyl (C=O) groups is 1. The van der Waals surface area contributed by atoms with E-state index in [0.29, 0.717) is 12.1 Å². The number of rotatable bonds is 3. The molecule has 5 heteroatoms. The van der Waals surface area contributed by atoms with E-state index in [1.165, 1.54) is 7.11 Å². The number of likely N-dealkylation sites (tertiary alicyclic amines) is 1. The van der Waals surface area contributed by atoms with Crippen LogP contribution in [0.1, 0.15) is 22.3 Å². The third kappa shape index (κ3) is 3.10. The van der Waals surface area contributed by atoms with Crippen LogP contribution in [0.4, 0.5) is 0 Å². The van der Waals surface area contributed by atoms with Crippen molar-refractivity contribution < 1.29 is 14.6 Å². The summed E-state index contributed by atoms with van der Waals surface area (Å²) >= 11 is 3.47. The zero-order valence-electron chi connectivity index (χ0n) is 10.2. The summed E-state index contributed by atoms with van der Waals surface area (Å²) in [6.07, 6.45) is 0.621. The van der Waals surface area contributed by atoms with Crippen LogP contribution in [0.15, 0.2) is 22.7 Å². The fraction of sp³-hybridized carbons (Fsp3) is 0.462. The van der Waals surface area contributed by atoms with Crippen LogP contribution in [0.25, 0.3) is 0 Å². The lowest BCUT2D eigenvalue weighted by Crippen LogP contribution is -2.21. The monoisotopic (exact) mass is 313 g/mol. The van der Waals surface area contributed by atoms with Crippen LogP contribution in [0.5, 0.6) is 0 Å². The number of hydrogen-bond acceptors (Lipinski definition) is 4. The van der Waals surface area contributed by atoms with Crippen LogP contribution >= 0.6 is 15.9 Å². The molecule has 0 aliphatic carbocycles. The molecule has 1 aromatic carbocycles. The summed E-state index contributed by atoms with van der Waals surface area (Å²) in [7, 11) is 1.37. The topological polar surface area (TPSA) is 49.8 Å². The number of carbonyl (C=O) groups excluding carboxylic acids is 1. The van der Waals surface area contributed by atoms with Crippen LogP contribution in [0.2, 0.25) is 0 Å². The van der Waals surface area contributed by atoms with Gasteiger partial charge in [0.05, 0.1) is 18.8 Å². The molecule has 1 aromatic rings. The largest absolute Gasteiger partial charge is 0.465 e. The van der Waals surface area contributed by atoms with E-state index >= 15 is 0 Å². The van der Waals surface area contributed by atoms with Crippen molar-refractivity contribution in [2.75, 3.05) is 20.2 Å². The predicted molar refractivity (Wildman–Crippen MR) is 71.4 cm³/mol. The van der Waals surface area contributed by atoms with Gasteiger partial charge in [-0.3, -0.25) is 4.90 Å². The summed E-state index contributed by atoms with van der Waals surface area (Å²) in [6.45, 7) is 2.40. The number of hydrogen-bond donors (Lipinski definition) is 1. The number of methoxy groups -OCH3 is 1. The Morgan fingerprint density at radius 3 is 2.94 bits per heavy atom. The molecule has 0 saturated carbocycles. The first-order valence-electron chi connectivity index (χ1n) is 5.87. The zero-order valence-corrected chi connectivity index (χ0v) is 11.8. The highest BCUT2D eigenvalue weighted by molar-refractivity contribution is 9.10. The number of aliphatic hydroxyl groups is 1. The van der Waals surface area contributed by atoms with Crippen molar-refractivity contribution in [3.63, 3.8) is 0 Å². The number of ether oxygens (including phenoxy) is 1. The molecular weight excluding hydrogens is 298 g/mol. The lowest BCUT2D eigenvalue weighted by Gasteiger charge is -2.16. The first-order chi connectivity index (χ1) is 8.60. The number of aliphatic hydroxyl groups excluding tert-OH is 1. The highest BCUT2D eigenvalue weighted by Gasteiger charge is 2.20. The van der Waals surface area contributed by atoms with Gasteiger partial charge in [0.25, 0.3) is 0 Å². The van der Waals surface area contributed by atoms with Crippen LogP contribution in [0, 0.1) is 0 Å². The van der Waals surface area contributed by atoms with Crippen molar-refractivity contribution >= 4 is 21.9 Å². The van der Waals surface area contributed by atoms with E-state index in [1.807, 2.05) is 6.07 Å². The summed E-state index contributed by atoms with van der Waals surface area (Å²) in [5.41, 5.74) is 1.64. The van der Waals surface area contributed by atoms with E-state index in [9.17, 15) is 9.90 Å². The van der Waals surface area contributed by atoms with Gasteiger partial charge in [0.2, 0.25) is 0 Å². The number of halogens is 1. The Hall–Kier alpha value is -0.910. The molecule has 2 rings (SSSR count). The third-order valence-electron chi connectivity index (χ3n) is 3.12. The Balaban J connectivity index is 2.08. The van der Waals surface area contributed by atoms with Gasteiger partial charge < -0.3 is 9.84 Å². The van der Waals surface area contributed by atoms with E-state index in [0.717, 1.165) is 29.5 Å². The number of esters is 1. The van der Waals surface area contributed by atoms with E-state index < -0.39 is 0 Å². The van der Waals surface area contributed by atoms with Crippen molar-refractivity contribution in [2.45, 2.75) is 19.1 Å². The van der Waals surface area contributed by atoms with E-state index in [-0.39, 0.29) is 12.1 Å². The first-order valence-corrected chi connectivity index (χ1v) is 6.66. The molecule has 1 fully saturated rings. The van der Waals surface area contributed by atoms with E-state index in [2.05, 4.69) is 25.6 Å². The first kappa shape index (κ1) is 13.5. The van der Waals surface area contributed by atoms with Gasteiger partial charge in [-0.2, -0.15) is 0 Å². The van der Waals surface area contributed by atoms with Crippen molar-refractivity contribution in [3.8, 4) is 0 Å². The molecule has 4 nitrogen and oxygen atoms in total. The molecule has 0 radical (unpaired) electrons. The van der Waals surface area contributed by atoms with Crippen molar-refractivity contribution in [3.05, 3.63) is 33.8 Å². The molecule has 98 valence electrons. The molecule has 1 heterocycles. The van der Waals surface area contributed by atoms with Crippen LogP contribution in [0.3, 0.4) is 0 Å². The highest BCUT2D eigenvalue weighted by Crippen LogP contribution is 2.22. The SMILES string of the molecule is COC(=O)c1ccc(CN2CCC(O)C2)c(Br)c1. The summed E-state index contributed by atoms with van der Waals surface area (Å²) in [4.78, 5) is 13.6. The maximum absolute atomic E-state index is 11.4. The molecule has 0 spiro atoms. The van der Waals surface area contributed by atoms with Crippen LogP contribution in [-0.4, -0.2) is 42.3 Å². The van der Waals surface area contributed by atoms with Crippen molar-refractivity contribution in [1.29, 1.82) is 0 Å². The Bertz CT molecular complexity index is 450. The van der Waals surface area contributed by atoms with Crippen molar-refractivity contribution in [1.82, 2.24) is 4.90 Å². The number of β-amino-alcohol motifs (C(OH)–C–C–N with tert-alkyl or cyclic N) is 1. The second kappa shape index (κ2) is 5.82. The minimum atomic E-state index is -0.334. The third-order valence-corrected chi connectivity index (χ3v) is 3.85.